The zero-order valence-corrected chi connectivity index (χ0v) is 10.9. The molecule has 0 atom stereocenters. The van der Waals surface area contributed by atoms with Crippen molar-refractivity contribution in [1.82, 2.24) is 15.0 Å². The molecule has 0 amide bonds. The van der Waals surface area contributed by atoms with Crippen LogP contribution in [0.15, 0.2) is 28.7 Å². The lowest BCUT2D eigenvalue weighted by molar-refractivity contribution is 0.759. The molecule has 17 heavy (non-hydrogen) atoms. The predicted octanol–water partition coefficient (Wildman–Crippen LogP) is 2.37. The van der Waals surface area contributed by atoms with Gasteiger partial charge in [0.1, 0.15) is 0 Å². The average molecular weight is 293 g/mol. The minimum Gasteiger partial charge on any atom is -0.325 e. The van der Waals surface area contributed by atoms with Crippen LogP contribution in [0.3, 0.4) is 0 Å². The van der Waals surface area contributed by atoms with Crippen LogP contribution >= 0.6 is 15.9 Å². The van der Waals surface area contributed by atoms with E-state index in [4.69, 9.17) is 5.73 Å². The maximum absolute atomic E-state index is 5.83. The van der Waals surface area contributed by atoms with Crippen LogP contribution in [0.5, 0.6) is 0 Å². The van der Waals surface area contributed by atoms with Crippen molar-refractivity contribution in [3.8, 4) is 5.69 Å². The molecule has 3 rings (SSSR count). The first kappa shape index (κ1) is 10.9. The predicted molar refractivity (Wildman–Crippen MR) is 68.9 cm³/mol. The summed E-state index contributed by atoms with van der Waals surface area (Å²) < 4.78 is 2.85. The zero-order valence-electron chi connectivity index (χ0n) is 9.31. The van der Waals surface area contributed by atoms with E-state index in [2.05, 4.69) is 26.2 Å². The summed E-state index contributed by atoms with van der Waals surface area (Å²) in [4.78, 5) is 0. The molecule has 0 unspecified atom stereocenters. The Morgan fingerprint density at radius 2 is 2.12 bits per heavy atom. The molecule has 1 saturated carbocycles. The minimum atomic E-state index is 0.472. The molecule has 0 saturated heterocycles. The summed E-state index contributed by atoms with van der Waals surface area (Å²) in [6.45, 7) is 0.472. The van der Waals surface area contributed by atoms with Gasteiger partial charge in [-0.1, -0.05) is 17.3 Å². The number of benzene rings is 1. The van der Waals surface area contributed by atoms with Gasteiger partial charge < -0.3 is 5.73 Å². The Hall–Kier alpha value is -1.20. The Morgan fingerprint density at radius 1 is 1.35 bits per heavy atom. The number of rotatable bonds is 3. The molecule has 1 aliphatic carbocycles. The van der Waals surface area contributed by atoms with E-state index in [1.54, 1.807) is 0 Å². The molecule has 0 spiro atoms. The van der Waals surface area contributed by atoms with Crippen LogP contribution < -0.4 is 5.73 Å². The van der Waals surface area contributed by atoms with Gasteiger partial charge in [0.25, 0.3) is 0 Å². The Morgan fingerprint density at radius 3 is 2.76 bits per heavy atom. The molecule has 1 aromatic carbocycles. The SMILES string of the molecule is NCc1c(C2CC2)nnn1-c1ccccc1Br. The molecule has 1 heterocycles. The van der Waals surface area contributed by atoms with E-state index in [-0.39, 0.29) is 0 Å². The summed E-state index contributed by atoms with van der Waals surface area (Å²) >= 11 is 3.53. The molecule has 5 heteroatoms. The first-order valence-electron chi connectivity index (χ1n) is 5.70. The third kappa shape index (κ3) is 1.89. The first-order valence-corrected chi connectivity index (χ1v) is 6.50. The van der Waals surface area contributed by atoms with Crippen LogP contribution in [-0.2, 0) is 6.54 Å². The van der Waals surface area contributed by atoms with Crippen LogP contribution in [-0.4, -0.2) is 15.0 Å². The lowest BCUT2D eigenvalue weighted by atomic mass is 10.2. The Kier molecular flexibility index (Phi) is 2.72. The second-order valence-corrected chi connectivity index (χ2v) is 5.12. The average Bonchev–Trinajstić information content (AvgIpc) is 3.10. The van der Waals surface area contributed by atoms with Gasteiger partial charge in [0.05, 0.1) is 17.1 Å². The molecule has 2 N–H and O–H groups in total. The molecule has 4 nitrogen and oxygen atoms in total. The van der Waals surface area contributed by atoms with E-state index >= 15 is 0 Å². The highest BCUT2D eigenvalue weighted by Gasteiger charge is 2.30. The fourth-order valence-corrected chi connectivity index (χ4v) is 2.45. The number of para-hydroxylation sites is 1. The lowest BCUT2D eigenvalue weighted by Gasteiger charge is -2.07. The quantitative estimate of drug-likeness (QED) is 0.945. The minimum absolute atomic E-state index is 0.472. The van der Waals surface area contributed by atoms with Gasteiger partial charge >= 0.3 is 0 Å². The third-order valence-corrected chi connectivity index (χ3v) is 3.70. The third-order valence-electron chi connectivity index (χ3n) is 3.03. The van der Waals surface area contributed by atoms with Gasteiger partial charge in [0, 0.05) is 16.9 Å². The van der Waals surface area contributed by atoms with Gasteiger partial charge in [-0.05, 0) is 40.9 Å². The van der Waals surface area contributed by atoms with Crippen molar-refractivity contribution in [2.24, 2.45) is 5.73 Å². The fraction of sp³-hybridized carbons (Fsp3) is 0.333. The smallest absolute Gasteiger partial charge is 0.0907 e. The molecular formula is C12H13BrN4. The van der Waals surface area contributed by atoms with Crippen molar-refractivity contribution in [1.29, 1.82) is 0 Å². The van der Waals surface area contributed by atoms with Crippen molar-refractivity contribution in [3.63, 3.8) is 0 Å². The molecule has 0 aliphatic heterocycles. The first-order chi connectivity index (χ1) is 8.31. The van der Waals surface area contributed by atoms with Crippen LogP contribution in [0.4, 0.5) is 0 Å². The van der Waals surface area contributed by atoms with Crippen LogP contribution in [0.25, 0.3) is 5.69 Å². The number of nitrogens with zero attached hydrogens (tertiary/aromatic N) is 3. The summed E-state index contributed by atoms with van der Waals surface area (Å²) in [6, 6.07) is 7.97. The maximum atomic E-state index is 5.83. The van der Waals surface area contributed by atoms with Crippen LogP contribution in [0.1, 0.15) is 30.1 Å². The van der Waals surface area contributed by atoms with Crippen molar-refractivity contribution in [3.05, 3.63) is 40.1 Å². The summed E-state index contributed by atoms with van der Waals surface area (Å²) in [6.07, 6.45) is 2.42. The van der Waals surface area contributed by atoms with Crippen molar-refractivity contribution in [2.45, 2.75) is 25.3 Å². The molecule has 0 bridgehead atoms. The highest BCUT2D eigenvalue weighted by molar-refractivity contribution is 9.10. The van der Waals surface area contributed by atoms with E-state index in [0.29, 0.717) is 12.5 Å². The van der Waals surface area contributed by atoms with Gasteiger partial charge in [-0.3, -0.25) is 0 Å². The van der Waals surface area contributed by atoms with Crippen molar-refractivity contribution < 1.29 is 0 Å². The van der Waals surface area contributed by atoms with Crippen LogP contribution in [0.2, 0.25) is 0 Å². The molecule has 0 radical (unpaired) electrons. The number of halogens is 1. The second-order valence-electron chi connectivity index (χ2n) is 4.26. The Balaban J connectivity index is 2.11. The van der Waals surface area contributed by atoms with E-state index in [9.17, 15) is 0 Å². The topological polar surface area (TPSA) is 56.7 Å². The Labute approximate surface area is 108 Å². The van der Waals surface area contributed by atoms with Gasteiger partial charge in [0.2, 0.25) is 0 Å². The highest BCUT2D eigenvalue weighted by Crippen LogP contribution is 2.40. The zero-order chi connectivity index (χ0) is 11.8. The van der Waals surface area contributed by atoms with Gasteiger partial charge in [-0.2, -0.15) is 0 Å². The van der Waals surface area contributed by atoms with E-state index in [1.807, 2.05) is 28.9 Å². The monoisotopic (exact) mass is 292 g/mol. The standard InChI is InChI=1S/C12H13BrN4/c13-9-3-1-2-4-10(9)17-11(7-14)12(15-16-17)8-5-6-8/h1-4,8H,5-7,14H2. The highest BCUT2D eigenvalue weighted by atomic mass is 79.9. The summed E-state index contributed by atoms with van der Waals surface area (Å²) in [5, 5.41) is 8.51. The molecule has 2 aromatic rings. The second kappa shape index (κ2) is 4.23. The molecule has 1 fully saturated rings. The van der Waals surface area contributed by atoms with Crippen molar-refractivity contribution >= 4 is 15.9 Å². The molecule has 1 aliphatic rings. The number of nitrogens with two attached hydrogens (primary N) is 1. The van der Waals surface area contributed by atoms with Gasteiger partial charge in [0.15, 0.2) is 0 Å². The van der Waals surface area contributed by atoms with E-state index in [0.717, 1.165) is 21.5 Å². The summed E-state index contributed by atoms with van der Waals surface area (Å²) in [7, 11) is 0. The summed E-state index contributed by atoms with van der Waals surface area (Å²) in [5.74, 6) is 0.574. The van der Waals surface area contributed by atoms with Gasteiger partial charge in [-0.15, -0.1) is 5.10 Å². The normalized spacial score (nSPS) is 15.2. The lowest BCUT2D eigenvalue weighted by Crippen LogP contribution is -2.09. The maximum Gasteiger partial charge on any atom is 0.0907 e. The van der Waals surface area contributed by atoms with Crippen molar-refractivity contribution in [2.75, 3.05) is 0 Å². The molecule has 88 valence electrons. The van der Waals surface area contributed by atoms with Gasteiger partial charge in [-0.25, -0.2) is 4.68 Å². The van der Waals surface area contributed by atoms with E-state index in [1.165, 1.54) is 12.8 Å². The van der Waals surface area contributed by atoms with Crippen LogP contribution in [0, 0.1) is 0 Å². The summed E-state index contributed by atoms with van der Waals surface area (Å²) in [5.41, 5.74) is 8.93. The Bertz CT molecular complexity index is 545. The number of hydrogen-bond acceptors (Lipinski definition) is 3. The fourth-order valence-electron chi connectivity index (χ4n) is 2.00. The molecular weight excluding hydrogens is 280 g/mol. The van der Waals surface area contributed by atoms with E-state index < -0.39 is 0 Å². The number of hydrogen-bond donors (Lipinski definition) is 1. The number of aromatic nitrogens is 3. The largest absolute Gasteiger partial charge is 0.325 e. The molecule has 1 aromatic heterocycles.